The van der Waals surface area contributed by atoms with Crippen molar-refractivity contribution >= 4 is 5.91 Å². The Morgan fingerprint density at radius 1 is 1.50 bits per heavy atom. The summed E-state index contributed by atoms with van der Waals surface area (Å²) in [7, 11) is 0. The molecule has 1 aromatic rings. The van der Waals surface area contributed by atoms with Gasteiger partial charge in [0, 0.05) is 13.1 Å². The Labute approximate surface area is 120 Å². The topological polar surface area (TPSA) is 32.3 Å². The van der Waals surface area contributed by atoms with E-state index in [1.54, 1.807) is 11.0 Å². The molecule has 0 radical (unpaired) electrons. The second-order valence-corrected chi connectivity index (χ2v) is 5.53. The second-order valence-electron chi connectivity index (χ2n) is 5.53. The Kier molecular flexibility index (Phi) is 5.12. The first kappa shape index (κ1) is 15.0. The van der Waals surface area contributed by atoms with Crippen LogP contribution >= 0.6 is 0 Å². The Morgan fingerprint density at radius 2 is 2.30 bits per heavy atom. The van der Waals surface area contributed by atoms with Gasteiger partial charge < -0.3 is 10.2 Å². The average molecular weight is 278 g/mol. The maximum Gasteiger partial charge on any atom is 0.240 e. The molecule has 1 fully saturated rings. The molecular formula is C16H23FN2O. The molecule has 1 aliphatic heterocycles. The summed E-state index contributed by atoms with van der Waals surface area (Å²) in [4.78, 5) is 14.4. The molecule has 1 aliphatic rings. The van der Waals surface area contributed by atoms with Crippen LogP contribution in [0.1, 0.15) is 32.3 Å². The number of likely N-dealkylation sites (N-methyl/N-ethyl adjacent to an activating group) is 1. The predicted molar refractivity (Wildman–Crippen MR) is 77.7 cm³/mol. The summed E-state index contributed by atoms with van der Waals surface area (Å²) < 4.78 is 13.2. The summed E-state index contributed by atoms with van der Waals surface area (Å²) in [5.41, 5.74) is 0.837. The number of halogens is 1. The molecule has 1 aromatic carbocycles. The summed E-state index contributed by atoms with van der Waals surface area (Å²) in [5.74, 6) is 0.233. The van der Waals surface area contributed by atoms with E-state index in [1.165, 1.54) is 12.1 Å². The van der Waals surface area contributed by atoms with Crippen LogP contribution in [-0.4, -0.2) is 29.9 Å². The Balaban J connectivity index is 2.05. The molecule has 0 aliphatic carbocycles. The Hall–Kier alpha value is -1.42. The number of rotatable bonds is 4. The minimum Gasteiger partial charge on any atom is -0.337 e. The lowest BCUT2D eigenvalue weighted by atomic mass is 9.91. The van der Waals surface area contributed by atoms with Crippen LogP contribution in [0.4, 0.5) is 4.39 Å². The number of piperidine rings is 1. The van der Waals surface area contributed by atoms with Crippen LogP contribution in [0, 0.1) is 11.7 Å². The van der Waals surface area contributed by atoms with Crippen molar-refractivity contribution in [3.8, 4) is 0 Å². The van der Waals surface area contributed by atoms with Crippen molar-refractivity contribution in [3.63, 3.8) is 0 Å². The third kappa shape index (κ3) is 3.57. The van der Waals surface area contributed by atoms with E-state index in [2.05, 4.69) is 12.2 Å². The number of nitrogens with zero attached hydrogens (tertiary/aromatic N) is 1. The van der Waals surface area contributed by atoms with Gasteiger partial charge in [0.05, 0.1) is 6.04 Å². The fourth-order valence-electron chi connectivity index (χ4n) is 2.78. The molecule has 0 bridgehead atoms. The summed E-state index contributed by atoms with van der Waals surface area (Å²) in [5, 5.41) is 3.32. The van der Waals surface area contributed by atoms with Crippen LogP contribution in [0.25, 0.3) is 0 Å². The van der Waals surface area contributed by atoms with E-state index in [0.29, 0.717) is 19.0 Å². The zero-order chi connectivity index (χ0) is 14.5. The molecule has 3 nitrogen and oxygen atoms in total. The first-order valence-electron chi connectivity index (χ1n) is 7.38. The number of nitrogens with one attached hydrogen (secondary N) is 1. The van der Waals surface area contributed by atoms with Crippen molar-refractivity contribution < 1.29 is 9.18 Å². The van der Waals surface area contributed by atoms with E-state index in [0.717, 1.165) is 24.9 Å². The minimum atomic E-state index is -0.254. The second kappa shape index (κ2) is 6.84. The molecule has 20 heavy (non-hydrogen) atoms. The largest absolute Gasteiger partial charge is 0.337 e. The van der Waals surface area contributed by atoms with Gasteiger partial charge >= 0.3 is 0 Å². The van der Waals surface area contributed by atoms with Crippen molar-refractivity contribution in [2.75, 3.05) is 13.1 Å². The molecule has 110 valence electrons. The van der Waals surface area contributed by atoms with E-state index in [9.17, 15) is 9.18 Å². The van der Waals surface area contributed by atoms with Gasteiger partial charge in [0.1, 0.15) is 5.82 Å². The third-order valence-electron chi connectivity index (χ3n) is 3.99. The highest BCUT2D eigenvalue weighted by atomic mass is 19.1. The minimum absolute atomic E-state index is 0.0998. The molecule has 4 heteroatoms. The Bertz CT molecular complexity index is 464. The zero-order valence-electron chi connectivity index (χ0n) is 12.2. The van der Waals surface area contributed by atoms with E-state index in [-0.39, 0.29) is 17.8 Å². The zero-order valence-corrected chi connectivity index (χ0v) is 12.2. The molecule has 2 unspecified atom stereocenters. The van der Waals surface area contributed by atoms with Crippen molar-refractivity contribution in [2.24, 2.45) is 5.92 Å². The number of benzene rings is 1. The lowest BCUT2D eigenvalue weighted by molar-refractivity contribution is -0.135. The predicted octanol–water partition coefficient (Wildman–Crippen LogP) is 2.56. The number of carbonyl (C=O) groups is 1. The van der Waals surface area contributed by atoms with Gasteiger partial charge in [-0.2, -0.15) is 0 Å². The van der Waals surface area contributed by atoms with Gasteiger partial charge in [-0.25, -0.2) is 4.39 Å². The summed E-state index contributed by atoms with van der Waals surface area (Å²) >= 11 is 0. The quantitative estimate of drug-likeness (QED) is 0.918. The molecule has 0 aromatic heterocycles. The van der Waals surface area contributed by atoms with E-state index >= 15 is 0 Å². The smallest absolute Gasteiger partial charge is 0.240 e. The van der Waals surface area contributed by atoms with Crippen molar-refractivity contribution in [1.29, 1.82) is 0 Å². The van der Waals surface area contributed by atoms with Crippen LogP contribution in [-0.2, 0) is 11.3 Å². The standard InChI is InChI=1S/C16H23FN2O/c1-3-19(11-13-7-4-8-14(17)10-13)16(20)15-12(2)6-5-9-18-15/h4,7-8,10,12,15,18H,3,5-6,9,11H2,1-2H3. The van der Waals surface area contributed by atoms with Gasteiger partial charge in [-0.05, 0) is 49.9 Å². The molecule has 2 rings (SSSR count). The van der Waals surface area contributed by atoms with Crippen LogP contribution in [0.2, 0.25) is 0 Å². The van der Waals surface area contributed by atoms with Crippen molar-refractivity contribution in [3.05, 3.63) is 35.6 Å². The van der Waals surface area contributed by atoms with Gasteiger partial charge in [0.15, 0.2) is 0 Å². The molecule has 0 spiro atoms. The SMILES string of the molecule is CCN(Cc1cccc(F)c1)C(=O)C1NCCCC1C. The molecule has 1 saturated heterocycles. The first-order chi connectivity index (χ1) is 9.61. The summed E-state index contributed by atoms with van der Waals surface area (Å²) in [6, 6.07) is 6.36. The molecule has 1 amide bonds. The average Bonchev–Trinajstić information content (AvgIpc) is 2.44. The van der Waals surface area contributed by atoms with Crippen LogP contribution in [0.3, 0.4) is 0 Å². The van der Waals surface area contributed by atoms with Crippen LogP contribution < -0.4 is 5.32 Å². The lowest BCUT2D eigenvalue weighted by Crippen LogP contribution is -2.52. The maximum atomic E-state index is 13.2. The molecular weight excluding hydrogens is 255 g/mol. The monoisotopic (exact) mass is 278 g/mol. The van der Waals surface area contributed by atoms with Gasteiger partial charge in [0.2, 0.25) is 5.91 Å². The number of carbonyl (C=O) groups excluding carboxylic acids is 1. The van der Waals surface area contributed by atoms with Gasteiger partial charge in [0.25, 0.3) is 0 Å². The maximum absolute atomic E-state index is 13.2. The first-order valence-corrected chi connectivity index (χ1v) is 7.38. The highest BCUT2D eigenvalue weighted by Crippen LogP contribution is 2.18. The lowest BCUT2D eigenvalue weighted by Gasteiger charge is -2.33. The number of hydrogen-bond acceptors (Lipinski definition) is 2. The number of amides is 1. The summed E-state index contributed by atoms with van der Waals surface area (Å²) in [6.45, 7) is 6.09. The fourth-order valence-corrected chi connectivity index (χ4v) is 2.78. The highest BCUT2D eigenvalue weighted by molar-refractivity contribution is 5.82. The summed E-state index contributed by atoms with van der Waals surface area (Å²) in [6.07, 6.45) is 2.21. The normalized spacial score (nSPS) is 22.6. The Morgan fingerprint density at radius 3 is 2.95 bits per heavy atom. The van der Waals surface area contributed by atoms with Crippen molar-refractivity contribution in [1.82, 2.24) is 10.2 Å². The van der Waals surface area contributed by atoms with E-state index < -0.39 is 0 Å². The highest BCUT2D eigenvalue weighted by Gasteiger charge is 2.30. The fraction of sp³-hybridized carbons (Fsp3) is 0.562. The van der Waals surface area contributed by atoms with Crippen LogP contribution in [0.5, 0.6) is 0 Å². The third-order valence-corrected chi connectivity index (χ3v) is 3.99. The van der Waals surface area contributed by atoms with Crippen LogP contribution in [0.15, 0.2) is 24.3 Å². The van der Waals surface area contributed by atoms with Gasteiger partial charge in [-0.15, -0.1) is 0 Å². The molecule has 1 heterocycles. The van der Waals surface area contributed by atoms with E-state index in [1.807, 2.05) is 13.0 Å². The molecule has 2 atom stereocenters. The van der Waals surface area contributed by atoms with Gasteiger partial charge in [-0.1, -0.05) is 19.1 Å². The molecule has 1 N–H and O–H groups in total. The van der Waals surface area contributed by atoms with E-state index in [4.69, 9.17) is 0 Å². The van der Waals surface area contributed by atoms with Gasteiger partial charge in [-0.3, -0.25) is 4.79 Å². The van der Waals surface area contributed by atoms with Crippen molar-refractivity contribution in [2.45, 2.75) is 39.3 Å². The molecule has 0 saturated carbocycles. The number of hydrogen-bond donors (Lipinski definition) is 1.